The van der Waals surface area contributed by atoms with Gasteiger partial charge in [-0.05, 0) is 63.1 Å². The SMILES string of the molecule is CCNC(=O)c1ccc(-n2nnc(C(=O)NC3CC3)c2COc2cccc(OCC)c2)cc1. The maximum atomic E-state index is 12.8. The van der Waals surface area contributed by atoms with Crippen molar-refractivity contribution in [3.05, 3.63) is 65.5 Å². The molecule has 4 rings (SSSR count). The van der Waals surface area contributed by atoms with E-state index in [1.807, 2.05) is 32.0 Å². The van der Waals surface area contributed by atoms with Gasteiger partial charge in [-0.3, -0.25) is 9.59 Å². The van der Waals surface area contributed by atoms with E-state index in [9.17, 15) is 9.59 Å². The lowest BCUT2D eigenvalue weighted by molar-refractivity contribution is 0.0939. The van der Waals surface area contributed by atoms with Gasteiger partial charge < -0.3 is 20.1 Å². The summed E-state index contributed by atoms with van der Waals surface area (Å²) in [4.78, 5) is 24.8. The second-order valence-corrected chi connectivity index (χ2v) is 7.65. The summed E-state index contributed by atoms with van der Waals surface area (Å²) in [6.45, 7) is 4.97. The molecule has 0 saturated heterocycles. The Morgan fingerprint density at radius 1 is 1.03 bits per heavy atom. The van der Waals surface area contributed by atoms with Gasteiger partial charge in [0.1, 0.15) is 23.8 Å². The Labute approximate surface area is 192 Å². The number of nitrogens with zero attached hydrogens (tertiary/aromatic N) is 3. The molecule has 0 unspecified atom stereocenters. The average Bonchev–Trinajstić information content (AvgIpc) is 3.53. The Hall–Kier alpha value is -3.88. The maximum Gasteiger partial charge on any atom is 0.274 e. The fourth-order valence-corrected chi connectivity index (χ4v) is 3.29. The molecule has 1 aliphatic carbocycles. The number of hydrogen-bond acceptors (Lipinski definition) is 6. The van der Waals surface area contributed by atoms with Crippen LogP contribution in [0.2, 0.25) is 0 Å². The van der Waals surface area contributed by atoms with E-state index >= 15 is 0 Å². The van der Waals surface area contributed by atoms with E-state index in [0.717, 1.165) is 12.8 Å². The highest BCUT2D eigenvalue weighted by atomic mass is 16.5. The van der Waals surface area contributed by atoms with Gasteiger partial charge in [0.2, 0.25) is 0 Å². The first-order valence-electron chi connectivity index (χ1n) is 11.1. The summed E-state index contributed by atoms with van der Waals surface area (Å²) in [6.07, 6.45) is 1.94. The van der Waals surface area contributed by atoms with Crippen molar-refractivity contribution in [3.63, 3.8) is 0 Å². The highest BCUT2D eigenvalue weighted by Crippen LogP contribution is 2.23. The first-order chi connectivity index (χ1) is 16.1. The summed E-state index contributed by atoms with van der Waals surface area (Å²) < 4.78 is 13.1. The quantitative estimate of drug-likeness (QED) is 0.493. The minimum Gasteiger partial charge on any atom is -0.494 e. The van der Waals surface area contributed by atoms with E-state index in [1.54, 1.807) is 35.0 Å². The summed E-state index contributed by atoms with van der Waals surface area (Å²) in [5, 5.41) is 14.1. The molecular formula is C24H27N5O4. The molecule has 1 fully saturated rings. The Balaban J connectivity index is 1.60. The number of hydrogen-bond donors (Lipinski definition) is 2. The van der Waals surface area contributed by atoms with Crippen LogP contribution >= 0.6 is 0 Å². The monoisotopic (exact) mass is 449 g/mol. The van der Waals surface area contributed by atoms with E-state index in [4.69, 9.17) is 9.47 Å². The zero-order valence-electron chi connectivity index (χ0n) is 18.7. The summed E-state index contributed by atoms with van der Waals surface area (Å²) in [5.41, 5.74) is 1.94. The molecule has 3 aromatic rings. The van der Waals surface area contributed by atoms with Crippen LogP contribution in [0.15, 0.2) is 48.5 Å². The van der Waals surface area contributed by atoms with Crippen molar-refractivity contribution in [2.75, 3.05) is 13.2 Å². The lowest BCUT2D eigenvalue weighted by Crippen LogP contribution is -2.27. The number of ether oxygens (including phenoxy) is 2. The summed E-state index contributed by atoms with van der Waals surface area (Å²) in [5.74, 6) is 0.886. The molecule has 0 aliphatic heterocycles. The number of amides is 2. The fourth-order valence-electron chi connectivity index (χ4n) is 3.29. The maximum absolute atomic E-state index is 12.8. The summed E-state index contributed by atoms with van der Waals surface area (Å²) in [7, 11) is 0. The smallest absolute Gasteiger partial charge is 0.274 e. The van der Waals surface area contributed by atoms with Gasteiger partial charge in [-0.25, -0.2) is 4.68 Å². The van der Waals surface area contributed by atoms with Crippen LogP contribution in [0.25, 0.3) is 5.69 Å². The third kappa shape index (κ3) is 5.49. The molecule has 1 aromatic heterocycles. The van der Waals surface area contributed by atoms with Crippen LogP contribution in [0.5, 0.6) is 11.5 Å². The zero-order chi connectivity index (χ0) is 23.2. The van der Waals surface area contributed by atoms with Crippen LogP contribution in [-0.4, -0.2) is 46.0 Å². The van der Waals surface area contributed by atoms with Gasteiger partial charge >= 0.3 is 0 Å². The van der Waals surface area contributed by atoms with Crippen molar-refractivity contribution in [2.45, 2.75) is 39.3 Å². The second kappa shape index (κ2) is 10.2. The van der Waals surface area contributed by atoms with Crippen LogP contribution in [0.4, 0.5) is 0 Å². The number of benzene rings is 2. The van der Waals surface area contributed by atoms with Gasteiger partial charge in [0, 0.05) is 24.2 Å². The van der Waals surface area contributed by atoms with E-state index in [1.165, 1.54) is 0 Å². The van der Waals surface area contributed by atoms with Gasteiger partial charge in [0.05, 0.1) is 12.3 Å². The molecule has 9 heteroatoms. The molecule has 2 amide bonds. The van der Waals surface area contributed by atoms with Crippen LogP contribution in [-0.2, 0) is 6.61 Å². The van der Waals surface area contributed by atoms with E-state index in [-0.39, 0.29) is 30.2 Å². The molecule has 1 heterocycles. The predicted molar refractivity (Wildman–Crippen MR) is 122 cm³/mol. The molecule has 2 N–H and O–H groups in total. The van der Waals surface area contributed by atoms with Gasteiger partial charge in [-0.15, -0.1) is 5.10 Å². The summed E-state index contributed by atoms with van der Waals surface area (Å²) >= 11 is 0. The number of carbonyl (C=O) groups is 2. The first-order valence-corrected chi connectivity index (χ1v) is 11.1. The minimum absolute atomic E-state index is 0.0775. The third-order valence-electron chi connectivity index (χ3n) is 5.09. The molecule has 0 bridgehead atoms. The Morgan fingerprint density at radius 3 is 2.42 bits per heavy atom. The van der Waals surface area contributed by atoms with Crippen LogP contribution in [0, 0.1) is 0 Å². The highest BCUT2D eigenvalue weighted by molar-refractivity contribution is 5.94. The predicted octanol–water partition coefficient (Wildman–Crippen LogP) is 2.89. The lowest BCUT2D eigenvalue weighted by Gasteiger charge is -2.12. The Kier molecular flexibility index (Phi) is 6.87. The van der Waals surface area contributed by atoms with Crippen molar-refractivity contribution < 1.29 is 19.1 Å². The molecular weight excluding hydrogens is 422 g/mol. The molecule has 9 nitrogen and oxygen atoms in total. The largest absolute Gasteiger partial charge is 0.494 e. The fraction of sp³-hybridized carbons (Fsp3) is 0.333. The number of rotatable bonds is 10. The van der Waals surface area contributed by atoms with Crippen LogP contribution < -0.4 is 20.1 Å². The molecule has 1 aliphatic rings. The molecule has 1 saturated carbocycles. The van der Waals surface area contributed by atoms with Crippen LogP contribution in [0.1, 0.15) is 53.2 Å². The number of aromatic nitrogens is 3. The van der Waals surface area contributed by atoms with Crippen molar-refractivity contribution in [2.24, 2.45) is 0 Å². The molecule has 0 radical (unpaired) electrons. The van der Waals surface area contributed by atoms with Crippen LogP contribution in [0.3, 0.4) is 0 Å². The zero-order valence-corrected chi connectivity index (χ0v) is 18.7. The highest BCUT2D eigenvalue weighted by Gasteiger charge is 2.28. The minimum atomic E-state index is -0.274. The molecule has 0 spiro atoms. The van der Waals surface area contributed by atoms with E-state index in [0.29, 0.717) is 41.6 Å². The van der Waals surface area contributed by atoms with E-state index in [2.05, 4.69) is 20.9 Å². The standard InChI is InChI=1S/C24H27N5O4/c1-3-25-23(30)16-8-12-18(13-9-16)29-21(22(27-28-29)24(31)26-17-10-11-17)15-33-20-7-5-6-19(14-20)32-4-2/h5-9,12-14,17H,3-4,10-11,15H2,1-2H3,(H,25,30)(H,26,31). The van der Waals surface area contributed by atoms with Gasteiger partial charge in [-0.2, -0.15) is 0 Å². The normalized spacial score (nSPS) is 12.8. The third-order valence-corrected chi connectivity index (χ3v) is 5.09. The molecule has 2 aromatic carbocycles. The van der Waals surface area contributed by atoms with Crippen molar-refractivity contribution in [1.29, 1.82) is 0 Å². The molecule has 0 atom stereocenters. The lowest BCUT2D eigenvalue weighted by atomic mass is 10.2. The topological polar surface area (TPSA) is 107 Å². The van der Waals surface area contributed by atoms with Gasteiger partial charge in [-0.1, -0.05) is 11.3 Å². The Bertz CT molecular complexity index is 1120. The number of carbonyl (C=O) groups excluding carboxylic acids is 2. The Morgan fingerprint density at radius 2 is 1.76 bits per heavy atom. The van der Waals surface area contributed by atoms with Gasteiger partial charge in [0.25, 0.3) is 11.8 Å². The van der Waals surface area contributed by atoms with E-state index < -0.39 is 0 Å². The first kappa shape index (κ1) is 22.3. The van der Waals surface area contributed by atoms with Crippen molar-refractivity contribution in [1.82, 2.24) is 25.6 Å². The average molecular weight is 450 g/mol. The number of nitrogens with one attached hydrogen (secondary N) is 2. The molecule has 172 valence electrons. The summed E-state index contributed by atoms with van der Waals surface area (Å²) in [6, 6.07) is 14.5. The van der Waals surface area contributed by atoms with Gasteiger partial charge in [0.15, 0.2) is 5.69 Å². The van der Waals surface area contributed by atoms with Crippen molar-refractivity contribution in [3.8, 4) is 17.2 Å². The van der Waals surface area contributed by atoms with Crippen molar-refractivity contribution >= 4 is 11.8 Å². The molecule has 33 heavy (non-hydrogen) atoms. The second-order valence-electron chi connectivity index (χ2n) is 7.65.